The number of halogens is 1. The Kier molecular flexibility index (Phi) is 4.93. The molecule has 0 spiro atoms. The van der Waals surface area contributed by atoms with E-state index in [2.05, 4.69) is 11.1 Å². The molecule has 2 heterocycles. The van der Waals surface area contributed by atoms with Gasteiger partial charge < -0.3 is 0 Å². The maximum Gasteiger partial charge on any atom is 0.131 e. The summed E-state index contributed by atoms with van der Waals surface area (Å²) in [6, 6.07) is 17.2. The van der Waals surface area contributed by atoms with Crippen molar-refractivity contribution in [3.63, 3.8) is 0 Å². The lowest BCUT2D eigenvalue weighted by molar-refractivity contribution is 0.631. The lowest BCUT2D eigenvalue weighted by atomic mass is 9.93. The first-order chi connectivity index (χ1) is 13.2. The molecular formula is C24H21FN2. The molecule has 0 aliphatic carbocycles. The highest BCUT2D eigenvalue weighted by Crippen LogP contribution is 2.29. The Labute approximate surface area is 159 Å². The summed E-state index contributed by atoms with van der Waals surface area (Å²) in [7, 11) is 0. The van der Waals surface area contributed by atoms with Crippen LogP contribution < -0.4 is 0 Å². The minimum atomic E-state index is -0.198. The number of nitrogens with zero attached hydrogens (tertiary/aromatic N) is 2. The van der Waals surface area contributed by atoms with Gasteiger partial charge in [0.15, 0.2) is 0 Å². The highest BCUT2D eigenvalue weighted by Gasteiger charge is 2.15. The zero-order chi connectivity index (χ0) is 18.6. The molecule has 0 bridgehead atoms. The number of rotatable bonds is 3. The molecule has 0 unspecified atom stereocenters. The molecule has 1 aliphatic heterocycles. The normalized spacial score (nSPS) is 15.6. The van der Waals surface area contributed by atoms with Crippen LogP contribution in [0.5, 0.6) is 0 Å². The minimum absolute atomic E-state index is 0.198. The van der Waals surface area contributed by atoms with Crippen LogP contribution in [-0.4, -0.2) is 17.2 Å². The number of aromatic nitrogens is 1. The second-order valence-corrected chi connectivity index (χ2v) is 6.80. The van der Waals surface area contributed by atoms with Gasteiger partial charge in [0.05, 0.1) is 5.71 Å². The van der Waals surface area contributed by atoms with Crippen molar-refractivity contribution in [3.8, 4) is 11.1 Å². The SMILES string of the molecule is Cc1ccccc1-c1cc(/C=C2/CCCN=C2c2cccnc2)ccc1F. The molecule has 0 saturated carbocycles. The number of hydrogen-bond donors (Lipinski definition) is 0. The Bertz CT molecular complexity index is 1020. The number of allylic oxidation sites excluding steroid dienone is 1. The fourth-order valence-electron chi connectivity index (χ4n) is 3.52. The van der Waals surface area contributed by atoms with Gasteiger partial charge in [-0.25, -0.2) is 4.39 Å². The van der Waals surface area contributed by atoms with Crippen molar-refractivity contribution in [1.82, 2.24) is 4.98 Å². The molecule has 1 aliphatic rings. The van der Waals surface area contributed by atoms with Crippen LogP contribution in [0.4, 0.5) is 4.39 Å². The predicted molar refractivity (Wildman–Crippen MR) is 109 cm³/mol. The molecule has 0 radical (unpaired) electrons. The fraction of sp³-hybridized carbons (Fsp3) is 0.167. The van der Waals surface area contributed by atoms with Crippen molar-refractivity contribution in [3.05, 3.63) is 95.1 Å². The first kappa shape index (κ1) is 17.3. The van der Waals surface area contributed by atoms with Gasteiger partial charge in [0.25, 0.3) is 0 Å². The molecule has 3 aromatic rings. The molecule has 1 aromatic heterocycles. The van der Waals surface area contributed by atoms with Gasteiger partial charge in [0.1, 0.15) is 5.82 Å². The molecule has 0 atom stereocenters. The molecule has 0 fully saturated rings. The summed E-state index contributed by atoms with van der Waals surface area (Å²) < 4.78 is 14.5. The van der Waals surface area contributed by atoms with Crippen molar-refractivity contribution in [1.29, 1.82) is 0 Å². The third-order valence-electron chi connectivity index (χ3n) is 4.88. The van der Waals surface area contributed by atoms with E-state index < -0.39 is 0 Å². The highest BCUT2D eigenvalue weighted by molar-refractivity contribution is 6.15. The largest absolute Gasteiger partial charge is 0.284 e. The zero-order valence-corrected chi connectivity index (χ0v) is 15.3. The smallest absolute Gasteiger partial charge is 0.131 e. The van der Waals surface area contributed by atoms with Crippen LogP contribution >= 0.6 is 0 Å². The number of pyridine rings is 1. The highest BCUT2D eigenvalue weighted by atomic mass is 19.1. The summed E-state index contributed by atoms with van der Waals surface area (Å²) >= 11 is 0. The van der Waals surface area contributed by atoms with E-state index in [4.69, 9.17) is 4.99 Å². The zero-order valence-electron chi connectivity index (χ0n) is 15.3. The summed E-state index contributed by atoms with van der Waals surface area (Å²) in [5, 5.41) is 0. The first-order valence-corrected chi connectivity index (χ1v) is 9.24. The number of hydrogen-bond acceptors (Lipinski definition) is 2. The van der Waals surface area contributed by atoms with Gasteiger partial charge in [-0.2, -0.15) is 0 Å². The average molecular weight is 356 g/mol. The fourth-order valence-corrected chi connectivity index (χ4v) is 3.52. The quantitative estimate of drug-likeness (QED) is 0.577. The summed E-state index contributed by atoms with van der Waals surface area (Å²) in [5.41, 5.74) is 6.83. The van der Waals surface area contributed by atoms with E-state index in [1.807, 2.05) is 61.7 Å². The van der Waals surface area contributed by atoms with Crippen LogP contribution in [0.1, 0.15) is 29.5 Å². The molecule has 0 amide bonds. The number of benzene rings is 2. The Hall–Kier alpha value is -3.07. The second kappa shape index (κ2) is 7.67. The number of aliphatic imine (C=N–C) groups is 1. The predicted octanol–water partition coefficient (Wildman–Crippen LogP) is 5.86. The van der Waals surface area contributed by atoms with E-state index >= 15 is 0 Å². The van der Waals surface area contributed by atoms with Gasteiger partial charge >= 0.3 is 0 Å². The van der Waals surface area contributed by atoms with Crippen molar-refractivity contribution < 1.29 is 4.39 Å². The van der Waals surface area contributed by atoms with Gasteiger partial charge in [-0.05, 0) is 72.4 Å². The van der Waals surface area contributed by atoms with E-state index in [1.54, 1.807) is 12.3 Å². The number of aryl methyl sites for hydroxylation is 1. The van der Waals surface area contributed by atoms with Crippen LogP contribution in [0, 0.1) is 12.7 Å². The third kappa shape index (κ3) is 3.72. The van der Waals surface area contributed by atoms with Crippen LogP contribution in [0.15, 0.2) is 77.6 Å². The Morgan fingerprint density at radius 1 is 1.00 bits per heavy atom. The molecule has 2 aromatic carbocycles. The van der Waals surface area contributed by atoms with Gasteiger partial charge in [-0.15, -0.1) is 0 Å². The molecule has 0 N–H and O–H groups in total. The second-order valence-electron chi connectivity index (χ2n) is 6.80. The summed E-state index contributed by atoms with van der Waals surface area (Å²) in [6.45, 7) is 2.84. The third-order valence-corrected chi connectivity index (χ3v) is 4.88. The molecule has 2 nitrogen and oxygen atoms in total. The van der Waals surface area contributed by atoms with Crippen molar-refractivity contribution >= 4 is 11.8 Å². The Morgan fingerprint density at radius 2 is 1.89 bits per heavy atom. The topological polar surface area (TPSA) is 25.2 Å². The Balaban J connectivity index is 1.76. The first-order valence-electron chi connectivity index (χ1n) is 9.24. The van der Waals surface area contributed by atoms with Crippen LogP contribution in [0.25, 0.3) is 17.2 Å². The molecule has 0 saturated heterocycles. The van der Waals surface area contributed by atoms with E-state index in [-0.39, 0.29) is 5.82 Å². The summed E-state index contributed by atoms with van der Waals surface area (Å²) in [4.78, 5) is 8.94. The van der Waals surface area contributed by atoms with E-state index in [9.17, 15) is 4.39 Å². The van der Waals surface area contributed by atoms with Gasteiger partial charge in [0.2, 0.25) is 0 Å². The Morgan fingerprint density at radius 3 is 2.70 bits per heavy atom. The van der Waals surface area contributed by atoms with E-state index in [0.717, 1.165) is 47.4 Å². The maximum atomic E-state index is 14.5. The van der Waals surface area contributed by atoms with Crippen LogP contribution in [-0.2, 0) is 0 Å². The molecule has 27 heavy (non-hydrogen) atoms. The monoisotopic (exact) mass is 356 g/mol. The molecular weight excluding hydrogens is 335 g/mol. The van der Waals surface area contributed by atoms with E-state index in [1.165, 1.54) is 5.57 Å². The molecule has 3 heteroatoms. The van der Waals surface area contributed by atoms with Crippen LogP contribution in [0.2, 0.25) is 0 Å². The molecule has 134 valence electrons. The standard InChI is InChI=1S/C24H21FN2/c1-17-6-2-3-9-21(17)22-15-18(10-11-23(22)25)14-19-7-5-13-27-24(19)20-8-4-12-26-16-20/h2-4,6,8-12,14-16H,5,7,13H2,1H3/b19-14-. The maximum absolute atomic E-state index is 14.5. The summed E-state index contributed by atoms with van der Waals surface area (Å²) in [5.74, 6) is -0.198. The minimum Gasteiger partial charge on any atom is -0.284 e. The van der Waals surface area contributed by atoms with Gasteiger partial charge in [-0.3, -0.25) is 9.98 Å². The van der Waals surface area contributed by atoms with Gasteiger partial charge in [0, 0.05) is 30.1 Å². The van der Waals surface area contributed by atoms with Gasteiger partial charge in [-0.1, -0.05) is 30.3 Å². The lowest BCUT2D eigenvalue weighted by Crippen LogP contribution is -2.11. The van der Waals surface area contributed by atoms with Crippen molar-refractivity contribution in [2.24, 2.45) is 4.99 Å². The molecule has 4 rings (SSSR count). The van der Waals surface area contributed by atoms with Crippen molar-refractivity contribution in [2.45, 2.75) is 19.8 Å². The summed E-state index contributed by atoms with van der Waals surface area (Å²) in [6.07, 6.45) is 7.74. The van der Waals surface area contributed by atoms with Crippen LogP contribution in [0.3, 0.4) is 0 Å². The lowest BCUT2D eigenvalue weighted by Gasteiger charge is -2.16. The average Bonchev–Trinajstić information content (AvgIpc) is 2.71. The van der Waals surface area contributed by atoms with E-state index in [0.29, 0.717) is 5.56 Å². The van der Waals surface area contributed by atoms with Crippen molar-refractivity contribution in [2.75, 3.05) is 6.54 Å².